The van der Waals surface area contributed by atoms with Gasteiger partial charge in [-0.3, -0.25) is 0 Å². The summed E-state index contributed by atoms with van der Waals surface area (Å²) in [7, 11) is 0. The van der Waals surface area contributed by atoms with Gasteiger partial charge in [0.05, 0.1) is 6.33 Å². The minimum absolute atomic E-state index is 0.433. The Morgan fingerprint density at radius 1 is 1.40 bits per heavy atom. The fraction of sp³-hybridized carbons (Fsp3) is 0.300. The Balaban J connectivity index is 0.000000195. The van der Waals surface area contributed by atoms with Crippen LogP contribution in [-0.4, -0.2) is 19.9 Å². The monoisotopic (exact) mass is 205 g/mol. The fourth-order valence-corrected chi connectivity index (χ4v) is 0.784. The van der Waals surface area contributed by atoms with E-state index in [-0.39, 0.29) is 0 Å². The molecule has 0 aliphatic heterocycles. The predicted molar refractivity (Wildman–Crippen MR) is 61.1 cm³/mol. The second-order valence-electron chi connectivity index (χ2n) is 3.34. The van der Waals surface area contributed by atoms with E-state index in [0.29, 0.717) is 22.9 Å². The van der Waals surface area contributed by atoms with Crippen molar-refractivity contribution in [2.24, 2.45) is 5.92 Å². The molecule has 0 aliphatic rings. The number of aromatic nitrogens is 4. The van der Waals surface area contributed by atoms with E-state index < -0.39 is 0 Å². The number of imidazole rings is 1. The van der Waals surface area contributed by atoms with Gasteiger partial charge in [0.1, 0.15) is 11.8 Å². The van der Waals surface area contributed by atoms with Gasteiger partial charge in [-0.2, -0.15) is 0 Å². The Labute approximate surface area is 88.5 Å². The Kier molecular flexibility index (Phi) is 3.79. The Hall–Kier alpha value is -1.91. The number of aromatic amines is 1. The first-order valence-electron chi connectivity index (χ1n) is 4.67. The van der Waals surface area contributed by atoms with Crippen molar-refractivity contribution in [3.05, 3.63) is 25.3 Å². The van der Waals surface area contributed by atoms with Crippen LogP contribution in [0.1, 0.15) is 13.8 Å². The summed E-state index contributed by atoms with van der Waals surface area (Å²) in [6.07, 6.45) is 4.84. The second kappa shape index (κ2) is 5.09. The predicted octanol–water partition coefficient (Wildman–Crippen LogP) is 1.76. The third-order valence-corrected chi connectivity index (χ3v) is 1.72. The summed E-state index contributed by atoms with van der Waals surface area (Å²) < 4.78 is 0. The molecular formula is C10H15N5. The molecule has 2 aromatic rings. The van der Waals surface area contributed by atoms with Crippen LogP contribution in [0.3, 0.4) is 0 Å². The van der Waals surface area contributed by atoms with Crippen molar-refractivity contribution in [3.8, 4) is 0 Å². The van der Waals surface area contributed by atoms with E-state index in [4.69, 9.17) is 5.73 Å². The molecule has 0 spiro atoms. The summed E-state index contributed by atoms with van der Waals surface area (Å²) in [6, 6.07) is 0. The molecule has 2 rings (SSSR count). The minimum atomic E-state index is 0.433. The maximum atomic E-state index is 5.48. The highest BCUT2D eigenvalue weighted by atomic mass is 15.0. The number of nitrogens with zero attached hydrogens (tertiary/aromatic N) is 3. The number of nitrogens with two attached hydrogens (primary N) is 1. The Morgan fingerprint density at radius 3 is 2.60 bits per heavy atom. The summed E-state index contributed by atoms with van der Waals surface area (Å²) in [5.74, 6) is 1.08. The molecular weight excluding hydrogens is 190 g/mol. The minimum Gasteiger partial charge on any atom is -0.382 e. The van der Waals surface area contributed by atoms with Gasteiger partial charge < -0.3 is 10.7 Å². The van der Waals surface area contributed by atoms with Gasteiger partial charge in [0.25, 0.3) is 0 Å². The lowest BCUT2D eigenvalue weighted by atomic mass is 10.2. The van der Waals surface area contributed by atoms with Crippen LogP contribution in [0.5, 0.6) is 0 Å². The number of rotatable bonds is 1. The SMILES string of the molecule is C=CC(C)C.Nc1ncnc2nc[nH]c12. The lowest BCUT2D eigenvalue weighted by Crippen LogP contribution is -1.91. The molecule has 0 saturated heterocycles. The summed E-state index contributed by atoms with van der Waals surface area (Å²) in [5, 5.41) is 0. The first kappa shape index (κ1) is 11.2. The number of allylic oxidation sites excluding steroid dienone is 1. The van der Waals surface area contributed by atoms with Crippen LogP contribution < -0.4 is 5.73 Å². The molecule has 2 heterocycles. The molecule has 5 nitrogen and oxygen atoms in total. The van der Waals surface area contributed by atoms with Gasteiger partial charge in [0.15, 0.2) is 11.5 Å². The van der Waals surface area contributed by atoms with Crippen molar-refractivity contribution >= 4 is 17.0 Å². The molecule has 0 unspecified atom stereocenters. The molecule has 0 saturated carbocycles. The molecule has 0 amide bonds. The highest BCUT2D eigenvalue weighted by Gasteiger charge is 1.99. The quantitative estimate of drug-likeness (QED) is 0.695. The highest BCUT2D eigenvalue weighted by molar-refractivity contribution is 5.80. The van der Waals surface area contributed by atoms with E-state index in [9.17, 15) is 0 Å². The van der Waals surface area contributed by atoms with E-state index in [1.54, 1.807) is 0 Å². The average Bonchev–Trinajstić information content (AvgIpc) is 2.68. The first-order valence-corrected chi connectivity index (χ1v) is 4.67. The highest BCUT2D eigenvalue weighted by Crippen LogP contribution is 2.09. The smallest absolute Gasteiger partial charge is 0.182 e. The van der Waals surface area contributed by atoms with Crippen LogP contribution >= 0.6 is 0 Å². The average molecular weight is 205 g/mol. The number of fused-ring (bicyclic) bond motifs is 1. The van der Waals surface area contributed by atoms with Gasteiger partial charge in [-0.1, -0.05) is 19.9 Å². The number of H-pyrrole nitrogens is 1. The fourth-order valence-electron chi connectivity index (χ4n) is 0.784. The van der Waals surface area contributed by atoms with Crippen molar-refractivity contribution in [2.75, 3.05) is 5.73 Å². The van der Waals surface area contributed by atoms with Gasteiger partial charge in [-0.15, -0.1) is 6.58 Å². The summed E-state index contributed by atoms with van der Waals surface area (Å²) >= 11 is 0. The maximum Gasteiger partial charge on any atom is 0.182 e. The molecule has 5 heteroatoms. The summed E-state index contributed by atoms with van der Waals surface area (Å²) in [4.78, 5) is 14.4. The van der Waals surface area contributed by atoms with Crippen molar-refractivity contribution in [3.63, 3.8) is 0 Å². The summed E-state index contributed by atoms with van der Waals surface area (Å²) in [6.45, 7) is 7.77. The molecule has 3 N–H and O–H groups in total. The second-order valence-corrected chi connectivity index (χ2v) is 3.34. The molecule has 0 atom stereocenters. The van der Waals surface area contributed by atoms with Crippen LogP contribution in [0, 0.1) is 5.92 Å². The van der Waals surface area contributed by atoms with E-state index >= 15 is 0 Å². The van der Waals surface area contributed by atoms with Gasteiger partial charge in [0, 0.05) is 0 Å². The van der Waals surface area contributed by atoms with Crippen molar-refractivity contribution in [1.29, 1.82) is 0 Å². The van der Waals surface area contributed by atoms with Crippen molar-refractivity contribution in [2.45, 2.75) is 13.8 Å². The molecule has 0 aliphatic carbocycles. The lowest BCUT2D eigenvalue weighted by molar-refractivity contribution is 0.835. The van der Waals surface area contributed by atoms with Crippen LogP contribution in [0.4, 0.5) is 5.82 Å². The Morgan fingerprint density at radius 2 is 2.07 bits per heavy atom. The van der Waals surface area contributed by atoms with Gasteiger partial charge in [0.2, 0.25) is 0 Å². The van der Waals surface area contributed by atoms with Crippen molar-refractivity contribution in [1.82, 2.24) is 19.9 Å². The topological polar surface area (TPSA) is 80.5 Å². The van der Waals surface area contributed by atoms with E-state index in [2.05, 4.69) is 40.4 Å². The van der Waals surface area contributed by atoms with Gasteiger partial charge >= 0.3 is 0 Å². The normalized spacial score (nSPS) is 9.80. The van der Waals surface area contributed by atoms with Gasteiger partial charge in [-0.05, 0) is 5.92 Å². The zero-order valence-electron chi connectivity index (χ0n) is 8.94. The first-order chi connectivity index (χ1) is 7.15. The van der Waals surface area contributed by atoms with Crippen LogP contribution in [0.2, 0.25) is 0 Å². The standard InChI is InChI=1S/C5H5N5.C5H10/c6-4-3-5(9-1-7-3)10-2-8-4;1-4-5(2)3/h1-2H,(H3,6,7,8,9,10);4-5H,1H2,2-3H3. The number of anilines is 1. The molecule has 0 aromatic carbocycles. The lowest BCUT2D eigenvalue weighted by Gasteiger charge is -1.89. The van der Waals surface area contributed by atoms with E-state index in [1.807, 2.05) is 6.08 Å². The van der Waals surface area contributed by atoms with Crippen LogP contribution in [-0.2, 0) is 0 Å². The van der Waals surface area contributed by atoms with E-state index in [0.717, 1.165) is 0 Å². The third-order valence-electron chi connectivity index (χ3n) is 1.72. The molecule has 15 heavy (non-hydrogen) atoms. The molecule has 0 bridgehead atoms. The van der Waals surface area contributed by atoms with Crippen LogP contribution in [0.15, 0.2) is 25.3 Å². The molecule has 0 radical (unpaired) electrons. The zero-order valence-corrected chi connectivity index (χ0v) is 8.94. The molecule has 0 fully saturated rings. The van der Waals surface area contributed by atoms with Crippen LogP contribution in [0.25, 0.3) is 11.2 Å². The number of hydrogen-bond donors (Lipinski definition) is 2. The summed E-state index contributed by atoms with van der Waals surface area (Å²) in [5.41, 5.74) is 6.78. The largest absolute Gasteiger partial charge is 0.382 e. The molecule has 80 valence electrons. The zero-order chi connectivity index (χ0) is 11.3. The van der Waals surface area contributed by atoms with E-state index in [1.165, 1.54) is 12.7 Å². The number of nitrogen functional groups attached to an aromatic ring is 1. The van der Waals surface area contributed by atoms with Gasteiger partial charge in [-0.25, -0.2) is 15.0 Å². The molecule has 2 aromatic heterocycles. The van der Waals surface area contributed by atoms with Crippen molar-refractivity contribution < 1.29 is 0 Å². The Bertz CT molecular complexity index is 432. The number of nitrogens with one attached hydrogen (secondary N) is 1. The third kappa shape index (κ3) is 3.05. The number of hydrogen-bond acceptors (Lipinski definition) is 4. The maximum absolute atomic E-state index is 5.48.